The van der Waals surface area contributed by atoms with E-state index < -0.39 is 0 Å². The maximum Gasteiger partial charge on any atom is 0.261 e. The van der Waals surface area contributed by atoms with E-state index in [4.69, 9.17) is 14.5 Å². The lowest BCUT2D eigenvalue weighted by atomic mass is 10.2. The number of hydrogen-bond acceptors (Lipinski definition) is 5. The number of carbonyl (C=O) groups is 1. The topological polar surface area (TPSA) is 51.7 Å². The number of amides is 1. The van der Waals surface area contributed by atoms with E-state index in [1.807, 2.05) is 42.5 Å². The van der Waals surface area contributed by atoms with Crippen molar-refractivity contribution in [2.24, 2.45) is 0 Å². The molecule has 1 unspecified atom stereocenters. The number of nitrogens with zero attached hydrogens (tertiary/aromatic N) is 2. The summed E-state index contributed by atoms with van der Waals surface area (Å²) in [5.41, 5.74) is 1.44. The van der Waals surface area contributed by atoms with E-state index in [1.165, 1.54) is 11.3 Å². The Morgan fingerprint density at radius 1 is 1.37 bits per heavy atom. The Hall–Kier alpha value is -1.96. The Bertz CT molecular complexity index is 969. The van der Waals surface area contributed by atoms with Gasteiger partial charge in [0, 0.05) is 17.1 Å². The Morgan fingerprint density at radius 3 is 2.96 bits per heavy atom. The first-order valence-electron chi connectivity index (χ1n) is 8.78. The van der Waals surface area contributed by atoms with Crippen LogP contribution in [-0.4, -0.2) is 37.3 Å². The zero-order valence-electron chi connectivity index (χ0n) is 14.9. The van der Waals surface area contributed by atoms with Gasteiger partial charge in [-0.15, -0.1) is 0 Å². The highest BCUT2D eigenvalue weighted by atomic mass is 79.9. The van der Waals surface area contributed by atoms with Gasteiger partial charge >= 0.3 is 0 Å². The minimum atomic E-state index is -0.0796. The molecule has 7 heteroatoms. The van der Waals surface area contributed by atoms with Gasteiger partial charge in [-0.05, 0) is 53.0 Å². The number of anilines is 1. The van der Waals surface area contributed by atoms with Crippen LogP contribution in [0.25, 0.3) is 10.2 Å². The van der Waals surface area contributed by atoms with Gasteiger partial charge in [-0.3, -0.25) is 9.69 Å². The van der Waals surface area contributed by atoms with Crippen molar-refractivity contribution < 1.29 is 14.3 Å². The molecule has 0 spiro atoms. The van der Waals surface area contributed by atoms with Crippen molar-refractivity contribution in [2.75, 3.05) is 25.2 Å². The molecule has 1 fully saturated rings. The third-order valence-corrected chi connectivity index (χ3v) is 6.32. The molecule has 1 amide bonds. The van der Waals surface area contributed by atoms with Crippen LogP contribution in [0.15, 0.2) is 46.9 Å². The molecular weight excluding hydrogens is 428 g/mol. The van der Waals surface area contributed by atoms with Gasteiger partial charge in [0.15, 0.2) is 5.13 Å². The molecule has 3 aromatic rings. The summed E-state index contributed by atoms with van der Waals surface area (Å²) < 4.78 is 12.9. The molecule has 2 heterocycles. The lowest BCUT2D eigenvalue weighted by Gasteiger charge is -2.23. The number of benzene rings is 2. The van der Waals surface area contributed by atoms with Crippen molar-refractivity contribution in [3.8, 4) is 5.75 Å². The molecule has 0 radical (unpaired) electrons. The van der Waals surface area contributed by atoms with Gasteiger partial charge < -0.3 is 9.47 Å². The molecule has 27 heavy (non-hydrogen) atoms. The highest BCUT2D eigenvalue weighted by Gasteiger charge is 2.28. The van der Waals surface area contributed by atoms with Crippen LogP contribution in [-0.2, 0) is 4.74 Å². The Morgan fingerprint density at radius 2 is 2.22 bits per heavy atom. The SMILES string of the molecule is COc1ccc2sc(N(CC3CCCO3)C(=O)c3ccccc3Br)nc2c1. The van der Waals surface area contributed by atoms with Crippen molar-refractivity contribution in [1.82, 2.24) is 4.98 Å². The van der Waals surface area contributed by atoms with Crippen LogP contribution in [0.3, 0.4) is 0 Å². The van der Waals surface area contributed by atoms with Crippen molar-refractivity contribution in [1.29, 1.82) is 0 Å². The van der Waals surface area contributed by atoms with Crippen molar-refractivity contribution >= 4 is 48.5 Å². The smallest absolute Gasteiger partial charge is 0.261 e. The summed E-state index contributed by atoms with van der Waals surface area (Å²) in [6, 6.07) is 13.2. The zero-order valence-corrected chi connectivity index (χ0v) is 17.3. The standard InChI is InChI=1S/C20H19BrN2O3S/c1-25-13-8-9-18-17(11-13)22-20(27-18)23(12-14-5-4-10-26-14)19(24)15-6-2-3-7-16(15)21/h2-3,6-9,11,14H,4-5,10,12H2,1H3. The highest BCUT2D eigenvalue weighted by molar-refractivity contribution is 9.10. The second-order valence-corrected chi connectivity index (χ2v) is 8.22. The summed E-state index contributed by atoms with van der Waals surface area (Å²) in [7, 11) is 1.63. The number of ether oxygens (including phenoxy) is 2. The molecule has 1 aromatic heterocycles. The number of carbonyl (C=O) groups excluding carboxylic acids is 1. The average molecular weight is 447 g/mol. The van der Waals surface area contributed by atoms with Crippen LogP contribution < -0.4 is 9.64 Å². The summed E-state index contributed by atoms with van der Waals surface area (Å²) in [4.78, 5) is 19.8. The van der Waals surface area contributed by atoms with E-state index >= 15 is 0 Å². The van der Waals surface area contributed by atoms with Crippen molar-refractivity contribution in [2.45, 2.75) is 18.9 Å². The molecule has 0 saturated carbocycles. The lowest BCUT2D eigenvalue weighted by molar-refractivity contribution is 0.0917. The van der Waals surface area contributed by atoms with Gasteiger partial charge in [0.1, 0.15) is 5.75 Å². The fourth-order valence-electron chi connectivity index (χ4n) is 3.16. The summed E-state index contributed by atoms with van der Waals surface area (Å²) in [5.74, 6) is 0.672. The van der Waals surface area contributed by atoms with Gasteiger partial charge in [-0.2, -0.15) is 0 Å². The van der Waals surface area contributed by atoms with E-state index in [-0.39, 0.29) is 12.0 Å². The molecule has 1 aliphatic heterocycles. The van der Waals surface area contributed by atoms with E-state index in [9.17, 15) is 4.79 Å². The number of methoxy groups -OCH3 is 1. The Balaban J connectivity index is 1.73. The van der Waals surface area contributed by atoms with Gasteiger partial charge in [0.2, 0.25) is 0 Å². The summed E-state index contributed by atoms with van der Waals surface area (Å²) in [6.45, 7) is 1.25. The van der Waals surface area contributed by atoms with Crippen LogP contribution in [0.1, 0.15) is 23.2 Å². The van der Waals surface area contributed by atoms with Gasteiger partial charge in [-0.25, -0.2) is 4.98 Å². The van der Waals surface area contributed by atoms with Crippen LogP contribution in [0, 0.1) is 0 Å². The molecule has 140 valence electrons. The molecule has 0 bridgehead atoms. The molecule has 2 aromatic carbocycles. The number of halogens is 1. The Labute approximate surface area is 170 Å². The first-order chi connectivity index (χ1) is 13.2. The fourth-order valence-corrected chi connectivity index (χ4v) is 4.57. The maximum atomic E-state index is 13.3. The molecular formula is C20H19BrN2O3S. The van der Waals surface area contributed by atoms with Crippen LogP contribution >= 0.6 is 27.3 Å². The van der Waals surface area contributed by atoms with Gasteiger partial charge in [-0.1, -0.05) is 23.5 Å². The minimum absolute atomic E-state index is 0.0398. The number of rotatable bonds is 5. The predicted octanol–water partition coefficient (Wildman–Crippen LogP) is 4.89. The molecule has 1 aliphatic rings. The molecule has 4 rings (SSSR count). The average Bonchev–Trinajstić information content (AvgIpc) is 3.34. The lowest BCUT2D eigenvalue weighted by Crippen LogP contribution is -2.37. The minimum Gasteiger partial charge on any atom is -0.497 e. The van der Waals surface area contributed by atoms with Gasteiger partial charge in [0.05, 0.1) is 35.5 Å². The molecule has 1 atom stereocenters. The zero-order chi connectivity index (χ0) is 18.8. The van der Waals surface area contributed by atoms with Gasteiger partial charge in [0.25, 0.3) is 5.91 Å². The normalized spacial score (nSPS) is 16.6. The van der Waals surface area contributed by atoms with Crippen LogP contribution in [0.4, 0.5) is 5.13 Å². The maximum absolute atomic E-state index is 13.3. The second-order valence-electron chi connectivity index (χ2n) is 6.36. The molecule has 5 nitrogen and oxygen atoms in total. The van der Waals surface area contributed by atoms with Crippen LogP contribution in [0.2, 0.25) is 0 Å². The number of thiazole rings is 1. The summed E-state index contributed by atoms with van der Waals surface area (Å²) >= 11 is 5.00. The monoisotopic (exact) mass is 446 g/mol. The van der Waals surface area contributed by atoms with E-state index in [2.05, 4.69) is 15.9 Å². The van der Waals surface area contributed by atoms with E-state index in [0.29, 0.717) is 17.2 Å². The third kappa shape index (κ3) is 3.85. The highest BCUT2D eigenvalue weighted by Crippen LogP contribution is 2.33. The molecule has 0 N–H and O–H groups in total. The quantitative estimate of drug-likeness (QED) is 0.559. The predicted molar refractivity (Wildman–Crippen MR) is 111 cm³/mol. The van der Waals surface area contributed by atoms with Crippen molar-refractivity contribution in [3.05, 3.63) is 52.5 Å². The van der Waals surface area contributed by atoms with E-state index in [1.54, 1.807) is 12.0 Å². The Kier molecular flexibility index (Phi) is 5.43. The second kappa shape index (κ2) is 7.96. The van der Waals surface area contributed by atoms with Crippen LogP contribution in [0.5, 0.6) is 5.75 Å². The number of fused-ring (bicyclic) bond motifs is 1. The largest absolute Gasteiger partial charge is 0.497 e. The molecule has 0 aliphatic carbocycles. The van der Waals surface area contributed by atoms with E-state index in [0.717, 1.165) is 39.9 Å². The van der Waals surface area contributed by atoms with Crippen molar-refractivity contribution in [3.63, 3.8) is 0 Å². The first-order valence-corrected chi connectivity index (χ1v) is 10.4. The third-order valence-electron chi connectivity index (χ3n) is 4.57. The summed E-state index contributed by atoms with van der Waals surface area (Å²) in [5, 5.41) is 0.675. The first kappa shape index (κ1) is 18.4. The molecule has 1 saturated heterocycles. The number of hydrogen-bond donors (Lipinski definition) is 0. The fraction of sp³-hybridized carbons (Fsp3) is 0.300. The number of aromatic nitrogens is 1. The summed E-state index contributed by atoms with van der Waals surface area (Å²) in [6.07, 6.45) is 2.02.